The van der Waals surface area contributed by atoms with Crippen LogP contribution in [0.4, 0.5) is 4.39 Å². The monoisotopic (exact) mass is 169 g/mol. The van der Waals surface area contributed by atoms with Gasteiger partial charge in [-0.1, -0.05) is 0 Å². The standard InChI is InChI=1S/C8H8FNO2/c1-5-2-3-10-8(9)6(5)4-7(11)12/h2-3H,4H2,1H3,(H,11,12). The Balaban J connectivity index is 3.04. The van der Waals surface area contributed by atoms with Crippen LogP contribution in [0.2, 0.25) is 0 Å². The second-order valence-corrected chi connectivity index (χ2v) is 2.47. The topological polar surface area (TPSA) is 50.2 Å². The highest BCUT2D eigenvalue weighted by atomic mass is 19.1. The maximum Gasteiger partial charge on any atom is 0.307 e. The van der Waals surface area contributed by atoms with Crippen LogP contribution < -0.4 is 0 Å². The lowest BCUT2D eigenvalue weighted by molar-refractivity contribution is -0.136. The van der Waals surface area contributed by atoms with Crippen molar-refractivity contribution in [2.24, 2.45) is 0 Å². The van der Waals surface area contributed by atoms with Crippen molar-refractivity contribution >= 4 is 5.97 Å². The molecule has 0 amide bonds. The molecule has 0 saturated heterocycles. The summed E-state index contributed by atoms with van der Waals surface area (Å²) in [5.41, 5.74) is 0.773. The van der Waals surface area contributed by atoms with E-state index in [-0.39, 0.29) is 12.0 Å². The smallest absolute Gasteiger partial charge is 0.307 e. The van der Waals surface area contributed by atoms with Crippen LogP contribution in [0, 0.1) is 12.9 Å². The van der Waals surface area contributed by atoms with Crippen molar-refractivity contribution < 1.29 is 14.3 Å². The number of carboxylic acid groups (broad SMARTS) is 1. The Morgan fingerprint density at radius 1 is 1.75 bits per heavy atom. The number of aryl methyl sites for hydroxylation is 1. The lowest BCUT2D eigenvalue weighted by Crippen LogP contribution is -2.05. The molecule has 1 N–H and O–H groups in total. The quantitative estimate of drug-likeness (QED) is 0.676. The molecule has 1 heterocycles. The number of halogens is 1. The van der Waals surface area contributed by atoms with Crippen LogP contribution in [0.25, 0.3) is 0 Å². The second kappa shape index (κ2) is 3.30. The van der Waals surface area contributed by atoms with Crippen molar-refractivity contribution in [2.75, 3.05) is 0 Å². The molecule has 0 atom stereocenters. The Morgan fingerprint density at radius 3 is 2.92 bits per heavy atom. The molecule has 0 aliphatic heterocycles. The maximum absolute atomic E-state index is 12.8. The Hall–Kier alpha value is -1.45. The summed E-state index contributed by atoms with van der Waals surface area (Å²) < 4.78 is 12.8. The molecule has 0 unspecified atom stereocenters. The fourth-order valence-corrected chi connectivity index (χ4v) is 0.919. The molecule has 4 heteroatoms. The molecular formula is C8H8FNO2. The van der Waals surface area contributed by atoms with Gasteiger partial charge in [-0.25, -0.2) is 4.98 Å². The minimum Gasteiger partial charge on any atom is -0.481 e. The van der Waals surface area contributed by atoms with Crippen molar-refractivity contribution in [3.05, 3.63) is 29.3 Å². The average Bonchev–Trinajstić information content (AvgIpc) is 1.97. The number of aromatic nitrogens is 1. The van der Waals surface area contributed by atoms with Crippen molar-refractivity contribution in [1.82, 2.24) is 4.98 Å². The van der Waals surface area contributed by atoms with Crippen LogP contribution in [0.15, 0.2) is 12.3 Å². The molecule has 0 aliphatic rings. The molecule has 0 fully saturated rings. The zero-order chi connectivity index (χ0) is 9.14. The third kappa shape index (κ3) is 1.78. The number of rotatable bonds is 2. The highest BCUT2D eigenvalue weighted by molar-refractivity contribution is 5.70. The third-order valence-electron chi connectivity index (χ3n) is 1.57. The summed E-state index contributed by atoms with van der Waals surface area (Å²) in [4.78, 5) is 13.6. The van der Waals surface area contributed by atoms with Gasteiger partial charge in [0.2, 0.25) is 5.95 Å². The Labute approximate surface area is 68.9 Å². The molecule has 1 aromatic rings. The van der Waals surface area contributed by atoms with Gasteiger partial charge in [0.25, 0.3) is 0 Å². The van der Waals surface area contributed by atoms with Crippen LogP contribution >= 0.6 is 0 Å². The number of carbonyl (C=O) groups is 1. The van der Waals surface area contributed by atoms with E-state index in [1.807, 2.05) is 0 Å². The molecule has 1 rings (SSSR count). The predicted molar refractivity (Wildman–Crippen MR) is 40.3 cm³/mol. The van der Waals surface area contributed by atoms with Gasteiger partial charge in [0, 0.05) is 11.8 Å². The minimum absolute atomic E-state index is 0.157. The molecule has 0 aromatic carbocycles. The summed E-state index contributed by atoms with van der Waals surface area (Å²) in [6, 6.07) is 1.58. The molecule has 0 aliphatic carbocycles. The van der Waals surface area contributed by atoms with Crippen LogP contribution in [-0.4, -0.2) is 16.1 Å². The molecular weight excluding hydrogens is 161 g/mol. The van der Waals surface area contributed by atoms with E-state index in [9.17, 15) is 9.18 Å². The van der Waals surface area contributed by atoms with E-state index < -0.39 is 11.9 Å². The highest BCUT2D eigenvalue weighted by Gasteiger charge is 2.09. The SMILES string of the molecule is Cc1ccnc(F)c1CC(=O)O. The summed E-state index contributed by atoms with van der Waals surface area (Å²) in [5, 5.41) is 8.42. The van der Waals surface area contributed by atoms with Crippen LogP contribution in [-0.2, 0) is 11.2 Å². The normalized spacial score (nSPS) is 9.83. The molecule has 64 valence electrons. The molecule has 12 heavy (non-hydrogen) atoms. The second-order valence-electron chi connectivity index (χ2n) is 2.47. The number of hydrogen-bond acceptors (Lipinski definition) is 2. The van der Waals surface area contributed by atoms with E-state index in [2.05, 4.69) is 4.98 Å². The summed E-state index contributed by atoms with van der Waals surface area (Å²) in [6.45, 7) is 1.66. The summed E-state index contributed by atoms with van der Waals surface area (Å²) in [6.07, 6.45) is 1.00. The number of hydrogen-bond donors (Lipinski definition) is 1. The van der Waals surface area contributed by atoms with Gasteiger partial charge in [-0.2, -0.15) is 4.39 Å². The third-order valence-corrected chi connectivity index (χ3v) is 1.57. The Bertz CT molecular complexity index is 292. The first kappa shape index (κ1) is 8.64. The van der Waals surface area contributed by atoms with Crippen molar-refractivity contribution in [1.29, 1.82) is 0 Å². The van der Waals surface area contributed by atoms with Gasteiger partial charge in [-0.05, 0) is 18.6 Å². The minimum atomic E-state index is -1.05. The molecule has 0 radical (unpaired) electrons. The average molecular weight is 169 g/mol. The number of nitrogens with zero attached hydrogens (tertiary/aromatic N) is 1. The first-order chi connectivity index (χ1) is 5.61. The van der Waals surface area contributed by atoms with Crippen molar-refractivity contribution in [2.45, 2.75) is 13.3 Å². The Kier molecular flexibility index (Phi) is 2.38. The molecule has 0 bridgehead atoms. The summed E-state index contributed by atoms with van der Waals surface area (Å²) in [7, 11) is 0. The molecule has 3 nitrogen and oxygen atoms in total. The van der Waals surface area contributed by atoms with E-state index >= 15 is 0 Å². The molecule has 0 spiro atoms. The van der Waals surface area contributed by atoms with Gasteiger partial charge in [-0.15, -0.1) is 0 Å². The lowest BCUT2D eigenvalue weighted by atomic mass is 10.1. The number of carboxylic acids is 1. The van der Waals surface area contributed by atoms with Gasteiger partial charge in [-0.3, -0.25) is 4.79 Å². The van der Waals surface area contributed by atoms with Gasteiger partial charge in [0.1, 0.15) is 0 Å². The number of pyridine rings is 1. The zero-order valence-corrected chi connectivity index (χ0v) is 6.54. The first-order valence-corrected chi connectivity index (χ1v) is 3.43. The fourth-order valence-electron chi connectivity index (χ4n) is 0.919. The lowest BCUT2D eigenvalue weighted by Gasteiger charge is -2.01. The van der Waals surface area contributed by atoms with Gasteiger partial charge in [0.15, 0.2) is 0 Å². The Morgan fingerprint density at radius 2 is 2.42 bits per heavy atom. The predicted octanol–water partition coefficient (Wildman–Crippen LogP) is 1.16. The van der Waals surface area contributed by atoms with Gasteiger partial charge in [0.05, 0.1) is 6.42 Å². The molecule has 1 aromatic heterocycles. The van der Waals surface area contributed by atoms with Crippen molar-refractivity contribution in [3.8, 4) is 0 Å². The highest BCUT2D eigenvalue weighted by Crippen LogP contribution is 2.10. The van der Waals surface area contributed by atoms with E-state index in [0.717, 1.165) is 0 Å². The summed E-state index contributed by atoms with van der Waals surface area (Å²) in [5.74, 6) is -1.75. The van der Waals surface area contributed by atoms with E-state index in [4.69, 9.17) is 5.11 Å². The van der Waals surface area contributed by atoms with Crippen LogP contribution in [0.5, 0.6) is 0 Å². The number of aliphatic carboxylic acids is 1. The van der Waals surface area contributed by atoms with E-state index in [1.165, 1.54) is 6.20 Å². The first-order valence-electron chi connectivity index (χ1n) is 3.43. The van der Waals surface area contributed by atoms with Crippen LogP contribution in [0.3, 0.4) is 0 Å². The van der Waals surface area contributed by atoms with Gasteiger partial charge >= 0.3 is 5.97 Å². The fraction of sp³-hybridized carbons (Fsp3) is 0.250. The molecule has 0 saturated carbocycles. The van der Waals surface area contributed by atoms with E-state index in [0.29, 0.717) is 5.56 Å². The maximum atomic E-state index is 12.8. The largest absolute Gasteiger partial charge is 0.481 e. The van der Waals surface area contributed by atoms with Gasteiger partial charge < -0.3 is 5.11 Å². The van der Waals surface area contributed by atoms with Crippen LogP contribution in [0.1, 0.15) is 11.1 Å². The van der Waals surface area contributed by atoms with Crippen molar-refractivity contribution in [3.63, 3.8) is 0 Å². The van der Waals surface area contributed by atoms with E-state index in [1.54, 1.807) is 13.0 Å². The summed E-state index contributed by atoms with van der Waals surface area (Å²) >= 11 is 0. The zero-order valence-electron chi connectivity index (χ0n) is 6.54.